The van der Waals surface area contributed by atoms with E-state index in [4.69, 9.17) is 0 Å². The Bertz CT molecular complexity index is 1310. The third-order valence-electron chi connectivity index (χ3n) is 7.14. The predicted octanol–water partition coefficient (Wildman–Crippen LogP) is 3.37. The van der Waals surface area contributed by atoms with Crippen molar-refractivity contribution in [3.63, 3.8) is 0 Å². The van der Waals surface area contributed by atoms with Gasteiger partial charge in [-0.15, -0.1) is 0 Å². The number of hydrogen-bond donors (Lipinski definition) is 3. The topological polar surface area (TPSA) is 135 Å². The number of aryl methyl sites for hydroxylation is 3. The summed E-state index contributed by atoms with van der Waals surface area (Å²) < 4.78 is 28.0. The van der Waals surface area contributed by atoms with Gasteiger partial charge in [-0.05, 0) is 56.7 Å². The molecular formula is C26H34FN7O3S. The minimum absolute atomic E-state index is 0.0638. The van der Waals surface area contributed by atoms with Crippen LogP contribution in [0.5, 0.6) is 0 Å². The van der Waals surface area contributed by atoms with Gasteiger partial charge in [-0.2, -0.15) is 14.6 Å². The van der Waals surface area contributed by atoms with Gasteiger partial charge in [0.25, 0.3) is 5.91 Å². The lowest BCUT2D eigenvalue weighted by Gasteiger charge is -2.32. The van der Waals surface area contributed by atoms with E-state index < -0.39 is 34.6 Å². The number of carbonyl (C=O) groups is 2. The van der Waals surface area contributed by atoms with Gasteiger partial charge in [0.2, 0.25) is 11.9 Å². The third kappa shape index (κ3) is 6.35. The van der Waals surface area contributed by atoms with Crippen LogP contribution in [-0.2, 0) is 22.1 Å². The number of aromatic nitrogens is 5. The molecule has 1 fully saturated rings. The summed E-state index contributed by atoms with van der Waals surface area (Å²) in [4.78, 5) is 30.7. The van der Waals surface area contributed by atoms with E-state index in [1.54, 1.807) is 38.3 Å². The van der Waals surface area contributed by atoms with Crippen LogP contribution in [-0.4, -0.2) is 59.0 Å². The number of aromatic amines is 1. The monoisotopic (exact) mass is 543 g/mol. The number of rotatable bonds is 9. The Labute approximate surface area is 223 Å². The lowest BCUT2D eigenvalue weighted by atomic mass is 9.79. The van der Waals surface area contributed by atoms with Crippen LogP contribution in [0.2, 0.25) is 0 Å². The van der Waals surface area contributed by atoms with Gasteiger partial charge >= 0.3 is 0 Å². The molecule has 0 spiro atoms. The number of halogens is 1. The van der Waals surface area contributed by atoms with Crippen molar-refractivity contribution in [2.45, 2.75) is 59.0 Å². The van der Waals surface area contributed by atoms with Gasteiger partial charge in [0.05, 0.1) is 12.2 Å². The molecule has 0 saturated heterocycles. The average Bonchev–Trinajstić information content (AvgIpc) is 3.48. The van der Waals surface area contributed by atoms with Crippen LogP contribution in [0.15, 0.2) is 24.4 Å². The molecule has 204 valence electrons. The minimum Gasteiger partial charge on any atom is -0.339 e. The van der Waals surface area contributed by atoms with E-state index in [2.05, 4.69) is 37.8 Å². The first-order valence-electron chi connectivity index (χ1n) is 12.8. The van der Waals surface area contributed by atoms with E-state index in [1.165, 1.54) is 10.9 Å². The summed E-state index contributed by atoms with van der Waals surface area (Å²) in [5, 5.41) is 16.7. The first-order chi connectivity index (χ1) is 18.1. The zero-order valence-corrected chi connectivity index (χ0v) is 22.9. The summed E-state index contributed by atoms with van der Waals surface area (Å²) in [5.74, 6) is -0.710. The number of anilines is 1. The molecule has 1 aliphatic rings. The summed E-state index contributed by atoms with van der Waals surface area (Å²) >= 11 is 0. The predicted molar refractivity (Wildman–Crippen MR) is 143 cm³/mol. The van der Waals surface area contributed by atoms with E-state index >= 15 is 0 Å². The molecular weight excluding hydrogens is 509 g/mol. The molecule has 12 heteroatoms. The molecule has 3 N–H and O–H groups in total. The highest BCUT2D eigenvalue weighted by atomic mass is 32.2. The second-order valence-corrected chi connectivity index (χ2v) is 11.6. The summed E-state index contributed by atoms with van der Waals surface area (Å²) in [7, 11) is -1.04. The first-order valence-corrected chi connectivity index (χ1v) is 14.5. The highest BCUT2D eigenvalue weighted by Crippen LogP contribution is 2.32. The Balaban J connectivity index is 1.53. The molecule has 3 aromatic heterocycles. The van der Waals surface area contributed by atoms with Crippen molar-refractivity contribution in [2.24, 2.45) is 11.8 Å². The van der Waals surface area contributed by atoms with Crippen LogP contribution in [0.4, 0.5) is 10.2 Å². The maximum atomic E-state index is 15.0. The van der Waals surface area contributed by atoms with Gasteiger partial charge < -0.3 is 10.6 Å². The van der Waals surface area contributed by atoms with Gasteiger partial charge in [0.15, 0.2) is 0 Å². The summed E-state index contributed by atoms with van der Waals surface area (Å²) in [6.45, 7) is 6.08. The van der Waals surface area contributed by atoms with Crippen molar-refractivity contribution in [1.29, 1.82) is 0 Å². The number of amides is 2. The molecule has 1 aliphatic carbocycles. The number of nitrogens with zero attached hydrogens (tertiary/aromatic N) is 4. The average molecular weight is 544 g/mol. The molecule has 0 bridgehead atoms. The lowest BCUT2D eigenvalue weighted by Crippen LogP contribution is -2.49. The summed E-state index contributed by atoms with van der Waals surface area (Å²) in [5.41, 5.74) is 2.59. The fourth-order valence-corrected chi connectivity index (χ4v) is 5.42. The SMILES string of the molecule is Cc1n[nH]c(C)c1-c1ccc(NC(=O)[C@@H](NC(=O)c2ccnn2CCS(C)=O)C2CCC(C)CC2)nc1F. The maximum Gasteiger partial charge on any atom is 0.270 e. The van der Waals surface area contributed by atoms with Crippen LogP contribution in [0.3, 0.4) is 0 Å². The standard InChI is InChI=1S/C26H34FN7O3S/c1-15-5-7-18(8-6-15)23(31-25(35)20-11-12-28-34(20)13-14-38(4)37)26(36)30-21-10-9-19(24(27)29-21)22-16(2)32-33-17(22)3/h9-12,15,18,23H,5-8,13-14H2,1-4H3,(H,31,35)(H,32,33)(H,29,30,36)/t15?,18?,23-,38?/m0/s1. The van der Waals surface area contributed by atoms with Crippen molar-refractivity contribution in [2.75, 3.05) is 17.3 Å². The van der Waals surface area contributed by atoms with Crippen LogP contribution in [0.1, 0.15) is 54.5 Å². The molecule has 2 amide bonds. The van der Waals surface area contributed by atoms with Gasteiger partial charge in [-0.3, -0.25) is 23.6 Å². The Morgan fingerprint density at radius 1 is 1.21 bits per heavy atom. The largest absolute Gasteiger partial charge is 0.339 e. The number of H-pyrrole nitrogens is 1. The van der Waals surface area contributed by atoms with E-state index in [9.17, 15) is 18.2 Å². The lowest BCUT2D eigenvalue weighted by molar-refractivity contribution is -0.119. The second-order valence-electron chi connectivity index (χ2n) is 10.0. The first kappa shape index (κ1) is 27.6. The molecule has 1 saturated carbocycles. The zero-order valence-electron chi connectivity index (χ0n) is 22.1. The van der Waals surface area contributed by atoms with Gasteiger partial charge in [0.1, 0.15) is 17.6 Å². The quantitative estimate of drug-likeness (QED) is 0.354. The third-order valence-corrected chi connectivity index (χ3v) is 7.90. The number of pyridine rings is 1. The Morgan fingerprint density at radius 2 is 1.95 bits per heavy atom. The Kier molecular flexibility index (Phi) is 8.70. The number of hydrogen-bond acceptors (Lipinski definition) is 6. The number of nitrogens with one attached hydrogen (secondary N) is 3. The molecule has 0 aromatic carbocycles. The fraction of sp³-hybridized carbons (Fsp3) is 0.500. The van der Waals surface area contributed by atoms with E-state index in [1.807, 2.05) is 0 Å². The smallest absolute Gasteiger partial charge is 0.270 e. The molecule has 38 heavy (non-hydrogen) atoms. The van der Waals surface area contributed by atoms with E-state index in [0.717, 1.165) is 31.4 Å². The second kappa shape index (κ2) is 12.0. The van der Waals surface area contributed by atoms with Crippen molar-refractivity contribution < 1.29 is 18.2 Å². The van der Waals surface area contributed by atoms with Crippen molar-refractivity contribution in [3.05, 3.63) is 47.4 Å². The van der Waals surface area contributed by atoms with Crippen molar-refractivity contribution in [3.8, 4) is 11.1 Å². The highest BCUT2D eigenvalue weighted by molar-refractivity contribution is 7.84. The zero-order chi connectivity index (χ0) is 27.4. The Morgan fingerprint density at radius 3 is 2.58 bits per heavy atom. The molecule has 2 atom stereocenters. The molecule has 0 aliphatic heterocycles. The summed E-state index contributed by atoms with van der Waals surface area (Å²) in [6, 6.07) is 3.85. The maximum absolute atomic E-state index is 15.0. The van der Waals surface area contributed by atoms with Crippen LogP contribution >= 0.6 is 0 Å². The molecule has 4 rings (SSSR count). The van der Waals surface area contributed by atoms with E-state index in [-0.39, 0.29) is 17.4 Å². The molecule has 3 heterocycles. The molecule has 10 nitrogen and oxygen atoms in total. The molecule has 0 radical (unpaired) electrons. The number of carbonyl (C=O) groups excluding carboxylic acids is 2. The van der Waals surface area contributed by atoms with Crippen LogP contribution < -0.4 is 10.6 Å². The van der Waals surface area contributed by atoms with Crippen LogP contribution in [0.25, 0.3) is 11.1 Å². The Hall–Kier alpha value is -3.41. The minimum atomic E-state index is -1.04. The summed E-state index contributed by atoms with van der Waals surface area (Å²) in [6.07, 6.45) is 6.57. The molecule has 1 unspecified atom stereocenters. The van der Waals surface area contributed by atoms with Gasteiger partial charge in [-0.1, -0.05) is 19.8 Å². The van der Waals surface area contributed by atoms with Crippen LogP contribution in [0, 0.1) is 31.6 Å². The normalized spacial score (nSPS) is 19.1. The highest BCUT2D eigenvalue weighted by Gasteiger charge is 2.33. The van der Waals surface area contributed by atoms with Crippen molar-refractivity contribution in [1.82, 2.24) is 30.3 Å². The van der Waals surface area contributed by atoms with E-state index in [0.29, 0.717) is 35.0 Å². The van der Waals surface area contributed by atoms with Gasteiger partial charge in [0, 0.05) is 45.8 Å². The molecule has 3 aromatic rings. The van der Waals surface area contributed by atoms with Crippen molar-refractivity contribution >= 4 is 28.4 Å². The van der Waals surface area contributed by atoms with Gasteiger partial charge in [-0.25, -0.2) is 4.98 Å². The fourth-order valence-electron chi connectivity index (χ4n) is 4.99.